The highest BCUT2D eigenvalue weighted by atomic mass is 32.2. The van der Waals surface area contributed by atoms with Crippen molar-refractivity contribution in [1.29, 1.82) is 0 Å². The van der Waals surface area contributed by atoms with Crippen molar-refractivity contribution in [3.63, 3.8) is 0 Å². The molecule has 2 aromatic rings. The number of carbonyl (C=O) groups is 1. The highest BCUT2D eigenvalue weighted by Crippen LogP contribution is 2.36. The molecule has 0 aliphatic carbocycles. The smallest absolute Gasteiger partial charge is 0.225 e. The van der Waals surface area contributed by atoms with Crippen molar-refractivity contribution < 1.29 is 9.53 Å². The Hall–Kier alpha value is -1.98. The van der Waals surface area contributed by atoms with Gasteiger partial charge in [-0.1, -0.05) is 18.2 Å². The van der Waals surface area contributed by atoms with E-state index in [2.05, 4.69) is 41.8 Å². The van der Waals surface area contributed by atoms with E-state index in [1.807, 2.05) is 36.0 Å². The number of hydrogen-bond acceptors (Lipinski definition) is 4. The van der Waals surface area contributed by atoms with Gasteiger partial charge < -0.3 is 15.4 Å². The summed E-state index contributed by atoms with van der Waals surface area (Å²) in [7, 11) is 1.63. The summed E-state index contributed by atoms with van der Waals surface area (Å²) < 4.78 is 5.13. The van der Waals surface area contributed by atoms with Crippen LogP contribution in [0.4, 0.5) is 5.69 Å². The van der Waals surface area contributed by atoms with Crippen LogP contribution in [0.15, 0.2) is 53.4 Å². The maximum absolute atomic E-state index is 12.3. The maximum Gasteiger partial charge on any atom is 0.225 e. The standard InChI is InChI=1S/C20H24N2O2S/c1-14(13-20(23)22-15-7-9-16(24-2)10-8-15)21-18-11-12-25-19-6-4-3-5-17(18)19/h3-10,14,18,21H,11-13H2,1-2H3,(H,22,23)/t14-,18-/m0/s1. The van der Waals surface area contributed by atoms with Gasteiger partial charge in [0.1, 0.15) is 5.75 Å². The Kier molecular flexibility index (Phi) is 6.00. The van der Waals surface area contributed by atoms with Crippen LogP contribution in [0.2, 0.25) is 0 Å². The molecule has 1 heterocycles. The van der Waals surface area contributed by atoms with Gasteiger partial charge >= 0.3 is 0 Å². The Morgan fingerprint density at radius 3 is 2.76 bits per heavy atom. The maximum atomic E-state index is 12.3. The van der Waals surface area contributed by atoms with Crippen LogP contribution in [0.3, 0.4) is 0 Å². The van der Waals surface area contributed by atoms with Gasteiger partial charge in [-0.2, -0.15) is 0 Å². The summed E-state index contributed by atoms with van der Waals surface area (Å²) in [6.45, 7) is 2.07. The molecule has 0 fully saturated rings. The Morgan fingerprint density at radius 2 is 2.00 bits per heavy atom. The van der Waals surface area contributed by atoms with Gasteiger partial charge in [0, 0.05) is 29.1 Å². The molecule has 0 bridgehead atoms. The van der Waals surface area contributed by atoms with Gasteiger partial charge in [0.05, 0.1) is 7.11 Å². The lowest BCUT2D eigenvalue weighted by Gasteiger charge is -2.28. The molecule has 3 rings (SSSR count). The third kappa shape index (κ3) is 4.77. The van der Waals surface area contributed by atoms with Gasteiger partial charge in [0.25, 0.3) is 0 Å². The first-order chi connectivity index (χ1) is 12.2. The topological polar surface area (TPSA) is 50.4 Å². The summed E-state index contributed by atoms with van der Waals surface area (Å²) in [5.74, 6) is 1.91. The monoisotopic (exact) mass is 356 g/mol. The van der Waals surface area contributed by atoms with E-state index in [4.69, 9.17) is 4.74 Å². The number of nitrogens with one attached hydrogen (secondary N) is 2. The van der Waals surface area contributed by atoms with E-state index in [-0.39, 0.29) is 11.9 Å². The normalized spacial score (nSPS) is 17.4. The second-order valence-corrected chi connectivity index (χ2v) is 7.41. The lowest BCUT2D eigenvalue weighted by Crippen LogP contribution is -2.35. The lowest BCUT2D eigenvalue weighted by molar-refractivity contribution is -0.116. The minimum absolute atomic E-state index is 0.0173. The average molecular weight is 356 g/mol. The van der Waals surface area contributed by atoms with Crippen molar-refractivity contribution in [2.45, 2.75) is 36.7 Å². The molecule has 0 spiro atoms. The number of carbonyl (C=O) groups excluding carboxylic acids is 1. The zero-order valence-electron chi connectivity index (χ0n) is 14.6. The number of anilines is 1. The summed E-state index contributed by atoms with van der Waals surface area (Å²) in [6.07, 6.45) is 1.53. The quantitative estimate of drug-likeness (QED) is 0.813. The Balaban J connectivity index is 1.53. The van der Waals surface area contributed by atoms with Crippen molar-refractivity contribution in [3.8, 4) is 5.75 Å². The summed E-state index contributed by atoms with van der Waals surface area (Å²) in [6, 6.07) is 16.3. The molecule has 4 nitrogen and oxygen atoms in total. The SMILES string of the molecule is COc1ccc(NC(=O)C[C@H](C)N[C@H]2CCSc3ccccc32)cc1. The molecular weight excluding hydrogens is 332 g/mol. The predicted molar refractivity (Wildman–Crippen MR) is 103 cm³/mol. The number of rotatable bonds is 6. The van der Waals surface area contributed by atoms with Crippen molar-refractivity contribution >= 4 is 23.4 Å². The Labute approximate surface area is 153 Å². The highest BCUT2D eigenvalue weighted by Gasteiger charge is 2.22. The molecule has 1 aliphatic heterocycles. The second kappa shape index (κ2) is 8.41. The fraction of sp³-hybridized carbons (Fsp3) is 0.350. The molecule has 5 heteroatoms. The minimum Gasteiger partial charge on any atom is -0.497 e. The van der Waals surface area contributed by atoms with Gasteiger partial charge in [0.15, 0.2) is 0 Å². The average Bonchev–Trinajstić information content (AvgIpc) is 2.62. The number of amides is 1. The fourth-order valence-corrected chi connectivity index (χ4v) is 4.21. The van der Waals surface area contributed by atoms with Crippen molar-refractivity contribution in [1.82, 2.24) is 5.32 Å². The summed E-state index contributed by atoms with van der Waals surface area (Å²) in [4.78, 5) is 13.6. The van der Waals surface area contributed by atoms with Crippen LogP contribution in [-0.4, -0.2) is 24.8 Å². The van der Waals surface area contributed by atoms with Crippen LogP contribution in [0, 0.1) is 0 Å². The Morgan fingerprint density at radius 1 is 1.24 bits per heavy atom. The number of hydrogen-bond donors (Lipinski definition) is 2. The first kappa shape index (κ1) is 17.8. The van der Waals surface area contributed by atoms with E-state index in [1.54, 1.807) is 7.11 Å². The van der Waals surface area contributed by atoms with E-state index in [9.17, 15) is 4.79 Å². The summed E-state index contributed by atoms with van der Waals surface area (Å²) >= 11 is 1.91. The van der Waals surface area contributed by atoms with E-state index in [1.165, 1.54) is 10.5 Å². The third-order valence-electron chi connectivity index (χ3n) is 4.31. The van der Waals surface area contributed by atoms with Gasteiger partial charge in [-0.3, -0.25) is 4.79 Å². The van der Waals surface area contributed by atoms with Gasteiger partial charge in [-0.25, -0.2) is 0 Å². The predicted octanol–water partition coefficient (Wildman–Crippen LogP) is 4.24. The lowest BCUT2D eigenvalue weighted by atomic mass is 10.0. The van der Waals surface area contributed by atoms with Crippen LogP contribution in [-0.2, 0) is 4.79 Å². The first-order valence-electron chi connectivity index (χ1n) is 8.57. The largest absolute Gasteiger partial charge is 0.497 e. The van der Waals surface area contributed by atoms with Crippen LogP contribution >= 0.6 is 11.8 Å². The molecule has 0 saturated carbocycles. The first-order valence-corrected chi connectivity index (χ1v) is 9.56. The number of benzene rings is 2. The van der Waals surface area contributed by atoms with E-state index in [0.29, 0.717) is 12.5 Å². The molecule has 25 heavy (non-hydrogen) atoms. The zero-order chi connectivity index (χ0) is 17.6. The van der Waals surface area contributed by atoms with Gasteiger partial charge in [-0.15, -0.1) is 11.8 Å². The minimum atomic E-state index is 0.0173. The van der Waals surface area contributed by atoms with Crippen LogP contribution < -0.4 is 15.4 Å². The molecule has 132 valence electrons. The molecule has 0 aromatic heterocycles. The van der Waals surface area contributed by atoms with Gasteiger partial charge in [-0.05, 0) is 55.0 Å². The number of methoxy groups -OCH3 is 1. The number of ether oxygens (including phenoxy) is 1. The summed E-state index contributed by atoms with van der Waals surface area (Å²) in [5.41, 5.74) is 2.14. The van der Waals surface area contributed by atoms with Gasteiger partial charge in [0.2, 0.25) is 5.91 Å². The molecular formula is C20H24N2O2S. The van der Waals surface area contributed by atoms with Crippen LogP contribution in [0.25, 0.3) is 0 Å². The van der Waals surface area contributed by atoms with Crippen LogP contribution in [0.5, 0.6) is 5.75 Å². The number of fused-ring (bicyclic) bond motifs is 1. The van der Waals surface area contributed by atoms with E-state index in [0.717, 1.165) is 23.6 Å². The van der Waals surface area contributed by atoms with E-state index < -0.39 is 0 Å². The second-order valence-electron chi connectivity index (χ2n) is 6.28. The molecule has 0 saturated heterocycles. The van der Waals surface area contributed by atoms with Crippen LogP contribution in [0.1, 0.15) is 31.4 Å². The number of thioether (sulfide) groups is 1. The molecule has 2 aromatic carbocycles. The zero-order valence-corrected chi connectivity index (χ0v) is 15.4. The van der Waals surface area contributed by atoms with E-state index >= 15 is 0 Å². The van der Waals surface area contributed by atoms with Crippen molar-refractivity contribution in [3.05, 3.63) is 54.1 Å². The van der Waals surface area contributed by atoms with Crippen molar-refractivity contribution in [2.75, 3.05) is 18.2 Å². The van der Waals surface area contributed by atoms with Crippen molar-refractivity contribution in [2.24, 2.45) is 0 Å². The molecule has 0 unspecified atom stereocenters. The summed E-state index contributed by atoms with van der Waals surface area (Å²) in [5, 5.41) is 6.56. The molecule has 1 amide bonds. The third-order valence-corrected chi connectivity index (χ3v) is 5.43. The Bertz CT molecular complexity index is 718. The molecule has 0 radical (unpaired) electrons. The molecule has 2 atom stereocenters. The fourth-order valence-electron chi connectivity index (χ4n) is 3.08. The highest BCUT2D eigenvalue weighted by molar-refractivity contribution is 7.99. The molecule has 2 N–H and O–H groups in total. The molecule has 1 aliphatic rings.